The van der Waals surface area contributed by atoms with Gasteiger partial charge in [-0.25, -0.2) is 4.98 Å². The fourth-order valence-corrected chi connectivity index (χ4v) is 3.61. The molecule has 0 spiro atoms. The third kappa shape index (κ3) is 4.70. The zero-order chi connectivity index (χ0) is 20.5. The first kappa shape index (κ1) is 20.3. The molecule has 1 saturated heterocycles. The summed E-state index contributed by atoms with van der Waals surface area (Å²) in [7, 11) is 0. The number of carbonyl (C=O) groups excluding carboxylic acids is 1. The van der Waals surface area contributed by atoms with Crippen molar-refractivity contribution in [3.8, 4) is 0 Å². The highest BCUT2D eigenvalue weighted by molar-refractivity contribution is 5.93. The molecule has 0 bridgehead atoms. The van der Waals surface area contributed by atoms with Crippen molar-refractivity contribution < 1.29 is 18.0 Å². The second-order valence-corrected chi connectivity index (χ2v) is 7.40. The summed E-state index contributed by atoms with van der Waals surface area (Å²) >= 11 is 0. The number of rotatable bonds is 4. The van der Waals surface area contributed by atoms with Crippen LogP contribution in [0.3, 0.4) is 0 Å². The molecular formula is C19H23F3N4O2. The van der Waals surface area contributed by atoms with Crippen LogP contribution in [-0.4, -0.2) is 52.0 Å². The lowest BCUT2D eigenvalue weighted by Crippen LogP contribution is -2.46. The molecule has 9 heteroatoms. The van der Waals surface area contributed by atoms with E-state index in [-0.39, 0.29) is 17.5 Å². The number of amides is 1. The van der Waals surface area contributed by atoms with E-state index in [2.05, 4.69) is 10.3 Å². The quantitative estimate of drug-likeness (QED) is 0.862. The van der Waals surface area contributed by atoms with E-state index >= 15 is 0 Å². The molecule has 3 heterocycles. The van der Waals surface area contributed by atoms with Gasteiger partial charge < -0.3 is 5.32 Å². The van der Waals surface area contributed by atoms with Crippen LogP contribution in [0.15, 0.2) is 29.3 Å². The Balaban J connectivity index is 1.64. The highest BCUT2D eigenvalue weighted by Crippen LogP contribution is 2.24. The summed E-state index contributed by atoms with van der Waals surface area (Å²) < 4.78 is 38.8. The van der Waals surface area contributed by atoms with Crippen LogP contribution in [0.2, 0.25) is 0 Å². The number of aromatic nitrogens is 2. The van der Waals surface area contributed by atoms with Crippen molar-refractivity contribution in [3.63, 3.8) is 0 Å². The lowest BCUT2D eigenvalue weighted by molar-refractivity contribution is -0.148. The molecule has 152 valence electrons. The standard InChI is InChI=1S/C19H23F3N4O2/c1-12-3-4-16-23-9-15(18(28)26(16)10-12)17(27)24-13(2)14-5-7-25(8-6-14)11-19(20,21)22/h3-4,9-10,13-14H,5-8,11H2,1-2H3,(H,24,27)/t13-/m1/s1. The van der Waals surface area contributed by atoms with Gasteiger partial charge in [0, 0.05) is 18.4 Å². The Bertz CT molecular complexity index is 918. The molecule has 2 aromatic heterocycles. The Morgan fingerprint density at radius 1 is 1.32 bits per heavy atom. The van der Waals surface area contributed by atoms with Crippen LogP contribution < -0.4 is 10.9 Å². The predicted octanol–water partition coefficient (Wildman–Crippen LogP) is 2.40. The van der Waals surface area contributed by atoms with Gasteiger partial charge in [0.2, 0.25) is 0 Å². The number of carbonyl (C=O) groups is 1. The number of nitrogens with one attached hydrogen (secondary N) is 1. The molecule has 1 aliphatic heterocycles. The van der Waals surface area contributed by atoms with Gasteiger partial charge in [-0.2, -0.15) is 13.2 Å². The van der Waals surface area contributed by atoms with Gasteiger partial charge in [0.05, 0.1) is 6.54 Å². The molecule has 2 aromatic rings. The molecule has 3 rings (SSSR count). The average molecular weight is 396 g/mol. The minimum Gasteiger partial charge on any atom is -0.349 e. The molecule has 0 aliphatic carbocycles. The van der Waals surface area contributed by atoms with Crippen molar-refractivity contribution in [3.05, 3.63) is 46.0 Å². The lowest BCUT2D eigenvalue weighted by atomic mass is 9.90. The largest absolute Gasteiger partial charge is 0.401 e. The van der Waals surface area contributed by atoms with Gasteiger partial charge in [-0.05, 0) is 57.3 Å². The van der Waals surface area contributed by atoms with Gasteiger partial charge in [0.15, 0.2) is 0 Å². The Morgan fingerprint density at radius 3 is 2.64 bits per heavy atom. The fraction of sp³-hybridized carbons (Fsp3) is 0.526. The van der Waals surface area contributed by atoms with Crippen LogP contribution in [0.5, 0.6) is 0 Å². The summed E-state index contributed by atoms with van der Waals surface area (Å²) in [5.41, 5.74) is 0.827. The lowest BCUT2D eigenvalue weighted by Gasteiger charge is -2.35. The molecular weight excluding hydrogens is 373 g/mol. The Hall–Kier alpha value is -2.42. The predicted molar refractivity (Wildman–Crippen MR) is 98.3 cm³/mol. The number of aryl methyl sites for hydroxylation is 1. The van der Waals surface area contributed by atoms with Crippen LogP contribution in [0, 0.1) is 12.8 Å². The van der Waals surface area contributed by atoms with Gasteiger partial charge in [0.25, 0.3) is 11.5 Å². The zero-order valence-corrected chi connectivity index (χ0v) is 15.8. The van der Waals surface area contributed by atoms with Crippen molar-refractivity contribution in [2.45, 2.75) is 38.9 Å². The van der Waals surface area contributed by atoms with E-state index in [4.69, 9.17) is 0 Å². The Labute approximate surface area is 160 Å². The number of fused-ring (bicyclic) bond motifs is 1. The summed E-state index contributed by atoms with van der Waals surface area (Å²) in [6.07, 6.45) is -0.185. The fourth-order valence-electron chi connectivity index (χ4n) is 3.61. The topological polar surface area (TPSA) is 66.7 Å². The number of likely N-dealkylation sites (tertiary alicyclic amines) is 1. The van der Waals surface area contributed by atoms with Gasteiger partial charge in [-0.1, -0.05) is 6.07 Å². The first-order valence-corrected chi connectivity index (χ1v) is 9.22. The van der Waals surface area contributed by atoms with Gasteiger partial charge >= 0.3 is 6.18 Å². The van der Waals surface area contributed by atoms with E-state index in [0.29, 0.717) is 31.6 Å². The number of halogens is 3. The van der Waals surface area contributed by atoms with Crippen LogP contribution in [0.4, 0.5) is 13.2 Å². The maximum absolute atomic E-state index is 12.6. The molecule has 0 saturated carbocycles. The number of pyridine rings is 1. The summed E-state index contributed by atoms with van der Waals surface area (Å²) in [5.74, 6) is -0.453. The molecule has 1 N–H and O–H groups in total. The third-order valence-corrected chi connectivity index (χ3v) is 5.20. The molecule has 0 aromatic carbocycles. The highest BCUT2D eigenvalue weighted by atomic mass is 19.4. The second-order valence-electron chi connectivity index (χ2n) is 7.40. The summed E-state index contributed by atoms with van der Waals surface area (Å²) in [6.45, 7) is 3.43. The van der Waals surface area contributed by atoms with Crippen molar-refractivity contribution in [1.82, 2.24) is 19.6 Å². The summed E-state index contributed by atoms with van der Waals surface area (Å²) in [5, 5.41) is 2.82. The molecule has 0 unspecified atom stereocenters. The minimum atomic E-state index is -4.20. The van der Waals surface area contributed by atoms with Gasteiger partial charge in [-0.3, -0.25) is 18.9 Å². The molecule has 1 aliphatic rings. The number of hydrogen-bond donors (Lipinski definition) is 1. The molecule has 1 amide bonds. The van der Waals surface area contributed by atoms with Crippen LogP contribution >= 0.6 is 0 Å². The van der Waals surface area contributed by atoms with E-state index in [1.54, 1.807) is 12.3 Å². The molecule has 1 atom stereocenters. The smallest absolute Gasteiger partial charge is 0.349 e. The first-order valence-electron chi connectivity index (χ1n) is 9.22. The SMILES string of the molecule is Cc1ccc2ncc(C(=O)N[C@H](C)C3CCN(CC(F)(F)F)CC3)c(=O)n2c1. The Morgan fingerprint density at radius 2 is 2.00 bits per heavy atom. The van der Waals surface area contributed by atoms with Crippen LogP contribution in [-0.2, 0) is 0 Å². The maximum Gasteiger partial charge on any atom is 0.401 e. The number of hydrogen-bond acceptors (Lipinski definition) is 4. The molecule has 28 heavy (non-hydrogen) atoms. The monoisotopic (exact) mass is 396 g/mol. The average Bonchev–Trinajstić information content (AvgIpc) is 2.61. The molecule has 0 radical (unpaired) electrons. The number of nitrogens with zero attached hydrogens (tertiary/aromatic N) is 3. The van der Waals surface area contributed by atoms with Crippen molar-refractivity contribution in [2.75, 3.05) is 19.6 Å². The number of alkyl halides is 3. The molecule has 6 nitrogen and oxygen atoms in total. The summed E-state index contributed by atoms with van der Waals surface area (Å²) in [6, 6.07) is 3.28. The van der Waals surface area contributed by atoms with E-state index in [1.807, 2.05) is 19.9 Å². The maximum atomic E-state index is 12.6. The summed E-state index contributed by atoms with van der Waals surface area (Å²) in [4.78, 5) is 30.7. The second kappa shape index (κ2) is 7.90. The van der Waals surface area contributed by atoms with Crippen LogP contribution in [0.1, 0.15) is 35.7 Å². The van der Waals surface area contributed by atoms with Gasteiger partial charge in [-0.15, -0.1) is 0 Å². The van der Waals surface area contributed by atoms with E-state index in [0.717, 1.165) is 5.56 Å². The van der Waals surface area contributed by atoms with Crippen LogP contribution in [0.25, 0.3) is 5.65 Å². The van der Waals surface area contributed by atoms with Gasteiger partial charge in [0.1, 0.15) is 11.2 Å². The van der Waals surface area contributed by atoms with E-state index in [9.17, 15) is 22.8 Å². The third-order valence-electron chi connectivity index (χ3n) is 5.20. The minimum absolute atomic E-state index is 0.0514. The highest BCUT2D eigenvalue weighted by Gasteiger charge is 2.33. The zero-order valence-electron chi connectivity index (χ0n) is 15.8. The Kier molecular flexibility index (Phi) is 5.74. The van der Waals surface area contributed by atoms with Crippen molar-refractivity contribution >= 4 is 11.6 Å². The van der Waals surface area contributed by atoms with Crippen molar-refractivity contribution in [1.29, 1.82) is 0 Å². The van der Waals surface area contributed by atoms with E-state index < -0.39 is 24.2 Å². The molecule has 1 fully saturated rings. The number of piperidine rings is 1. The van der Waals surface area contributed by atoms with E-state index in [1.165, 1.54) is 15.5 Å². The van der Waals surface area contributed by atoms with Crippen molar-refractivity contribution in [2.24, 2.45) is 5.92 Å². The normalized spacial score (nSPS) is 17.6. The first-order chi connectivity index (χ1) is 13.1.